The molecular formula is C33H42ClFN4O2. The predicted octanol–water partition coefficient (Wildman–Crippen LogP) is 6.29. The summed E-state index contributed by atoms with van der Waals surface area (Å²) in [6.07, 6.45) is 2.93. The van der Waals surface area contributed by atoms with Crippen LogP contribution < -0.4 is 0 Å². The van der Waals surface area contributed by atoms with Crippen molar-refractivity contribution in [1.29, 1.82) is 0 Å². The van der Waals surface area contributed by atoms with Crippen molar-refractivity contribution < 1.29 is 14.3 Å². The molecule has 2 aliphatic heterocycles. The van der Waals surface area contributed by atoms with E-state index in [1.165, 1.54) is 17.3 Å². The highest BCUT2D eigenvalue weighted by Crippen LogP contribution is 2.37. The second kappa shape index (κ2) is 13.1. The molecule has 6 nitrogen and oxygen atoms in total. The van der Waals surface area contributed by atoms with Gasteiger partial charge in [0.2, 0.25) is 0 Å². The summed E-state index contributed by atoms with van der Waals surface area (Å²) in [5.41, 5.74) is 4.59. The lowest BCUT2D eigenvalue weighted by Crippen LogP contribution is -2.44. The summed E-state index contributed by atoms with van der Waals surface area (Å²) >= 11 is 6.06. The zero-order valence-electron chi connectivity index (χ0n) is 24.3. The number of halogens is 2. The van der Waals surface area contributed by atoms with Gasteiger partial charge in [-0.1, -0.05) is 49.7 Å². The largest absolute Gasteiger partial charge is 0.480 e. The van der Waals surface area contributed by atoms with E-state index in [0.29, 0.717) is 19.0 Å². The first-order valence-electron chi connectivity index (χ1n) is 15.0. The molecule has 0 saturated carbocycles. The number of benzene rings is 2. The Morgan fingerprint density at radius 3 is 2.46 bits per heavy atom. The van der Waals surface area contributed by atoms with E-state index in [2.05, 4.69) is 39.6 Å². The van der Waals surface area contributed by atoms with Crippen molar-refractivity contribution in [2.24, 2.45) is 11.8 Å². The van der Waals surface area contributed by atoms with Gasteiger partial charge in [0.15, 0.2) is 0 Å². The summed E-state index contributed by atoms with van der Waals surface area (Å²) in [6, 6.07) is 16.6. The van der Waals surface area contributed by atoms with Crippen molar-refractivity contribution in [3.8, 4) is 0 Å². The molecule has 1 aromatic heterocycles. The number of aliphatic carboxylic acids is 1. The maximum atomic E-state index is 14.2. The molecule has 0 amide bonds. The van der Waals surface area contributed by atoms with Crippen LogP contribution in [0.1, 0.15) is 68.0 Å². The molecule has 5 rings (SSSR count). The summed E-state index contributed by atoms with van der Waals surface area (Å²) in [6.45, 7) is 11.2. The van der Waals surface area contributed by atoms with Crippen LogP contribution in [0.2, 0.25) is 5.02 Å². The van der Waals surface area contributed by atoms with Crippen molar-refractivity contribution in [3.63, 3.8) is 0 Å². The molecule has 0 unspecified atom stereocenters. The molecule has 8 heteroatoms. The molecule has 0 aliphatic carbocycles. The second-order valence-corrected chi connectivity index (χ2v) is 12.6. The van der Waals surface area contributed by atoms with E-state index in [1.54, 1.807) is 12.1 Å². The number of aryl methyl sites for hydroxylation is 1. The quantitative estimate of drug-likeness (QED) is 0.305. The minimum absolute atomic E-state index is 0.00292. The molecule has 2 aromatic carbocycles. The fourth-order valence-electron chi connectivity index (χ4n) is 7.00. The normalized spacial score (nSPS) is 21.5. The third-order valence-corrected chi connectivity index (χ3v) is 9.23. The third kappa shape index (κ3) is 7.02. The summed E-state index contributed by atoms with van der Waals surface area (Å²) in [7, 11) is 0. The Hall–Kier alpha value is -2.74. The van der Waals surface area contributed by atoms with Gasteiger partial charge < -0.3 is 10.0 Å². The highest BCUT2D eigenvalue weighted by Gasteiger charge is 2.41. The molecule has 1 N–H and O–H groups in total. The number of hydrogen-bond acceptors (Lipinski definition) is 4. The molecule has 0 spiro atoms. The monoisotopic (exact) mass is 580 g/mol. The van der Waals surface area contributed by atoms with Gasteiger partial charge in [0.25, 0.3) is 0 Å². The highest BCUT2D eigenvalue weighted by molar-refractivity contribution is 6.30. The Kier molecular flexibility index (Phi) is 9.47. The summed E-state index contributed by atoms with van der Waals surface area (Å²) in [4.78, 5) is 16.8. The first-order valence-corrected chi connectivity index (χ1v) is 15.3. The molecule has 3 aromatic rings. The lowest BCUT2D eigenvalue weighted by Gasteiger charge is -2.35. The van der Waals surface area contributed by atoms with Crippen LogP contribution in [0, 0.1) is 17.7 Å². The second-order valence-electron chi connectivity index (χ2n) is 12.2. The van der Waals surface area contributed by atoms with Gasteiger partial charge in [-0.3, -0.25) is 14.4 Å². The topological polar surface area (TPSA) is 61.6 Å². The van der Waals surface area contributed by atoms with E-state index in [4.69, 9.17) is 16.7 Å². The molecule has 0 radical (unpaired) electrons. The number of nitrogens with zero attached hydrogens (tertiary/aromatic N) is 4. The van der Waals surface area contributed by atoms with Crippen LogP contribution in [0.15, 0.2) is 54.6 Å². The van der Waals surface area contributed by atoms with Crippen LogP contribution in [0.5, 0.6) is 0 Å². The Balaban J connectivity index is 1.25. The van der Waals surface area contributed by atoms with Crippen molar-refractivity contribution in [3.05, 3.63) is 88.0 Å². The molecule has 3 atom stereocenters. The smallest absolute Gasteiger partial charge is 0.321 e. The molecule has 220 valence electrons. The maximum Gasteiger partial charge on any atom is 0.321 e. The molecule has 0 bridgehead atoms. The lowest BCUT2D eigenvalue weighted by atomic mass is 9.87. The van der Waals surface area contributed by atoms with Gasteiger partial charge in [0.05, 0.1) is 5.69 Å². The standard InChI is InChI=1S/C33H42ClFN4O2/c1-4-39-31(18-29(36-39)16-23-8-10-27(34)11-9-23)24-12-14-37(15-13-24)19-26-20-38(32(22(2)3)33(40)41)21-30(26)25-6-5-7-28(35)17-25/h5-11,17-18,22,24,26,30,32H,4,12-16,19-21H2,1-3H3,(H,40,41)/t26-,30+,32+/m0/s1. The van der Waals surface area contributed by atoms with Crippen LogP contribution >= 0.6 is 11.6 Å². The summed E-state index contributed by atoms with van der Waals surface area (Å²) in [5.74, 6) is -0.177. The van der Waals surface area contributed by atoms with Gasteiger partial charge in [-0.2, -0.15) is 5.10 Å². The van der Waals surface area contributed by atoms with Crippen LogP contribution in [-0.4, -0.2) is 69.4 Å². The van der Waals surface area contributed by atoms with Gasteiger partial charge in [0, 0.05) is 55.2 Å². The molecule has 41 heavy (non-hydrogen) atoms. The van der Waals surface area contributed by atoms with Gasteiger partial charge in [-0.05, 0) is 86.1 Å². The van der Waals surface area contributed by atoms with Crippen molar-refractivity contribution in [2.45, 2.75) is 64.5 Å². The predicted molar refractivity (Wildman–Crippen MR) is 161 cm³/mol. The Labute approximate surface area is 248 Å². The van der Waals surface area contributed by atoms with Crippen LogP contribution in [0.4, 0.5) is 4.39 Å². The Bertz CT molecular complexity index is 1320. The molecule has 2 aliphatic rings. The van der Waals surface area contributed by atoms with E-state index in [-0.39, 0.29) is 23.6 Å². The number of aromatic nitrogens is 2. The van der Waals surface area contributed by atoms with E-state index < -0.39 is 12.0 Å². The van der Waals surface area contributed by atoms with Crippen molar-refractivity contribution in [1.82, 2.24) is 19.6 Å². The van der Waals surface area contributed by atoms with Crippen LogP contribution in [0.3, 0.4) is 0 Å². The minimum atomic E-state index is -0.776. The maximum absolute atomic E-state index is 14.2. The molecule has 2 saturated heterocycles. The molecule has 2 fully saturated rings. The fraction of sp³-hybridized carbons (Fsp3) is 0.515. The summed E-state index contributed by atoms with van der Waals surface area (Å²) < 4.78 is 16.4. The fourth-order valence-corrected chi connectivity index (χ4v) is 7.13. The van der Waals surface area contributed by atoms with E-state index in [0.717, 1.165) is 61.7 Å². The first-order chi connectivity index (χ1) is 19.7. The van der Waals surface area contributed by atoms with Crippen LogP contribution in [0.25, 0.3) is 0 Å². The summed E-state index contributed by atoms with van der Waals surface area (Å²) in [5, 5.41) is 15.6. The lowest BCUT2D eigenvalue weighted by molar-refractivity contribution is -0.144. The zero-order chi connectivity index (χ0) is 29.1. The molecular weight excluding hydrogens is 539 g/mol. The Morgan fingerprint density at radius 1 is 1.10 bits per heavy atom. The minimum Gasteiger partial charge on any atom is -0.480 e. The molecule has 3 heterocycles. The Morgan fingerprint density at radius 2 is 1.83 bits per heavy atom. The number of rotatable bonds is 10. The van der Waals surface area contributed by atoms with Crippen LogP contribution in [-0.2, 0) is 17.8 Å². The highest BCUT2D eigenvalue weighted by atomic mass is 35.5. The van der Waals surface area contributed by atoms with Crippen molar-refractivity contribution in [2.75, 3.05) is 32.7 Å². The van der Waals surface area contributed by atoms with E-state index in [1.807, 2.05) is 32.0 Å². The number of hydrogen-bond donors (Lipinski definition) is 1. The number of likely N-dealkylation sites (tertiary alicyclic amines) is 2. The average molecular weight is 581 g/mol. The van der Waals surface area contributed by atoms with E-state index >= 15 is 0 Å². The van der Waals surface area contributed by atoms with Gasteiger partial charge >= 0.3 is 5.97 Å². The van der Waals surface area contributed by atoms with Gasteiger partial charge in [-0.25, -0.2) is 4.39 Å². The number of carboxylic acid groups (broad SMARTS) is 1. The zero-order valence-corrected chi connectivity index (χ0v) is 25.1. The number of piperidine rings is 1. The van der Waals surface area contributed by atoms with Crippen molar-refractivity contribution >= 4 is 17.6 Å². The number of carboxylic acids is 1. The van der Waals surface area contributed by atoms with E-state index in [9.17, 15) is 14.3 Å². The van der Waals surface area contributed by atoms with Gasteiger partial charge in [0.1, 0.15) is 11.9 Å². The van der Waals surface area contributed by atoms with Gasteiger partial charge in [-0.15, -0.1) is 0 Å². The average Bonchev–Trinajstić information content (AvgIpc) is 3.54. The SMILES string of the molecule is CCn1nc(Cc2ccc(Cl)cc2)cc1C1CCN(C[C@H]2CN([C@@H](C(=O)O)C(C)C)C[C@@H]2c2cccc(F)c2)CC1. The first kappa shape index (κ1) is 29.7. The number of carbonyl (C=O) groups is 1. The third-order valence-electron chi connectivity index (χ3n) is 8.98.